The molecule has 0 amide bonds. The molecule has 92 valence electrons. The minimum absolute atomic E-state index is 0.140. The van der Waals surface area contributed by atoms with Crippen LogP contribution in [0.2, 0.25) is 0 Å². The molecule has 0 fully saturated rings. The summed E-state index contributed by atoms with van der Waals surface area (Å²) in [7, 11) is 0. The minimum Gasteiger partial charge on any atom is -0.508 e. The lowest BCUT2D eigenvalue weighted by atomic mass is 10.3. The van der Waals surface area contributed by atoms with Crippen LogP contribution in [0, 0.1) is 10.1 Å². The molecule has 17 heavy (non-hydrogen) atoms. The average Bonchev–Trinajstić information content (AvgIpc) is 2.30. The van der Waals surface area contributed by atoms with Gasteiger partial charge in [0.15, 0.2) is 6.29 Å². The van der Waals surface area contributed by atoms with Crippen molar-refractivity contribution < 1.29 is 24.3 Å². The molecule has 1 rings (SSSR count). The Hall–Kier alpha value is -2.15. The van der Waals surface area contributed by atoms with Gasteiger partial charge in [0.1, 0.15) is 5.75 Å². The predicted molar refractivity (Wildman–Crippen MR) is 56.9 cm³/mol. The van der Waals surface area contributed by atoms with E-state index in [1.807, 2.05) is 0 Å². The third kappa shape index (κ3) is 3.42. The molecule has 0 bridgehead atoms. The number of nitro benzene ring substituents is 1. The van der Waals surface area contributed by atoms with Crippen LogP contribution in [-0.2, 0) is 9.53 Å². The maximum atomic E-state index is 10.7. The molecule has 0 aliphatic carbocycles. The molecule has 1 atom stereocenters. The van der Waals surface area contributed by atoms with Gasteiger partial charge in [0, 0.05) is 6.61 Å². The van der Waals surface area contributed by atoms with Crippen LogP contribution in [0.25, 0.3) is 0 Å². The predicted octanol–water partition coefficient (Wildman–Crippen LogP) is 1.24. The number of carbonyl (C=O) groups excluding carboxylic acids is 1. The lowest BCUT2D eigenvalue weighted by molar-refractivity contribution is -0.386. The van der Waals surface area contributed by atoms with Crippen LogP contribution in [0.5, 0.6) is 11.5 Å². The summed E-state index contributed by atoms with van der Waals surface area (Å²) in [4.78, 5) is 20.5. The van der Waals surface area contributed by atoms with Gasteiger partial charge in [0.05, 0.1) is 11.0 Å². The van der Waals surface area contributed by atoms with Crippen LogP contribution in [0.15, 0.2) is 18.2 Å². The molecule has 0 saturated carbocycles. The summed E-state index contributed by atoms with van der Waals surface area (Å²) in [6.45, 7) is 1.89. The lowest BCUT2D eigenvalue weighted by Gasteiger charge is -2.12. The van der Waals surface area contributed by atoms with Gasteiger partial charge in [-0.05, 0) is 19.1 Å². The summed E-state index contributed by atoms with van der Waals surface area (Å²) in [5, 5.41) is 19.8. The first-order valence-corrected chi connectivity index (χ1v) is 4.79. The van der Waals surface area contributed by atoms with E-state index in [-0.39, 0.29) is 18.1 Å². The molecule has 0 heterocycles. The molecule has 0 aliphatic rings. The van der Waals surface area contributed by atoms with Crippen LogP contribution in [0.1, 0.15) is 6.92 Å². The summed E-state index contributed by atoms with van der Waals surface area (Å²) in [6, 6.07) is 3.35. The summed E-state index contributed by atoms with van der Waals surface area (Å²) >= 11 is 0. The van der Waals surface area contributed by atoms with Gasteiger partial charge in [-0.2, -0.15) is 0 Å². The molecule has 0 aliphatic heterocycles. The Labute approximate surface area is 96.7 Å². The number of hydrogen-bond acceptors (Lipinski definition) is 6. The highest BCUT2D eigenvalue weighted by Crippen LogP contribution is 2.31. The Morgan fingerprint density at radius 1 is 1.59 bits per heavy atom. The standard InChI is InChI=1S/C10H11NO6/c1-2-16-10(6-12)17-9-4-3-7(13)5-8(9)11(14)15/h3-6,10,13H,2H2,1H3. The number of nitrogens with zero attached hydrogens (tertiary/aromatic N) is 1. The third-order valence-electron chi connectivity index (χ3n) is 1.82. The zero-order valence-corrected chi connectivity index (χ0v) is 9.03. The highest BCUT2D eigenvalue weighted by molar-refractivity contribution is 5.57. The van der Waals surface area contributed by atoms with Crippen molar-refractivity contribution in [1.29, 1.82) is 0 Å². The van der Waals surface area contributed by atoms with Crippen molar-refractivity contribution in [2.24, 2.45) is 0 Å². The number of benzene rings is 1. The van der Waals surface area contributed by atoms with E-state index in [2.05, 4.69) is 0 Å². The van der Waals surface area contributed by atoms with Crippen molar-refractivity contribution in [2.45, 2.75) is 13.2 Å². The van der Waals surface area contributed by atoms with Crippen LogP contribution in [0.3, 0.4) is 0 Å². The fourth-order valence-electron chi connectivity index (χ4n) is 1.14. The van der Waals surface area contributed by atoms with E-state index >= 15 is 0 Å². The van der Waals surface area contributed by atoms with E-state index in [0.29, 0.717) is 6.29 Å². The highest BCUT2D eigenvalue weighted by Gasteiger charge is 2.19. The molecule has 0 spiro atoms. The molecule has 7 heteroatoms. The first kappa shape index (κ1) is 12.9. The van der Waals surface area contributed by atoms with Gasteiger partial charge < -0.3 is 14.6 Å². The van der Waals surface area contributed by atoms with Crippen molar-refractivity contribution in [3.8, 4) is 11.5 Å². The van der Waals surface area contributed by atoms with Gasteiger partial charge in [-0.25, -0.2) is 0 Å². The largest absolute Gasteiger partial charge is 0.508 e. The molecule has 1 unspecified atom stereocenters. The maximum absolute atomic E-state index is 10.7. The van der Waals surface area contributed by atoms with Crippen LogP contribution in [-0.4, -0.2) is 29.2 Å². The zero-order valence-electron chi connectivity index (χ0n) is 9.03. The van der Waals surface area contributed by atoms with E-state index in [0.717, 1.165) is 6.07 Å². The first-order chi connectivity index (χ1) is 8.08. The lowest BCUT2D eigenvalue weighted by Crippen LogP contribution is -2.22. The SMILES string of the molecule is CCOC(C=O)Oc1ccc(O)cc1[N+](=O)[O-]. The second kappa shape index (κ2) is 5.80. The number of aromatic hydroxyl groups is 1. The van der Waals surface area contributed by atoms with Crippen molar-refractivity contribution in [3.63, 3.8) is 0 Å². The smallest absolute Gasteiger partial charge is 0.314 e. The van der Waals surface area contributed by atoms with Gasteiger partial charge in [0.2, 0.25) is 5.75 Å². The van der Waals surface area contributed by atoms with Crippen LogP contribution in [0.4, 0.5) is 5.69 Å². The number of hydrogen-bond donors (Lipinski definition) is 1. The molecule has 1 aromatic rings. The molecule has 0 saturated heterocycles. The Morgan fingerprint density at radius 2 is 2.29 bits per heavy atom. The van der Waals surface area contributed by atoms with E-state index in [1.165, 1.54) is 12.1 Å². The van der Waals surface area contributed by atoms with E-state index in [4.69, 9.17) is 14.6 Å². The van der Waals surface area contributed by atoms with Gasteiger partial charge in [-0.15, -0.1) is 0 Å². The van der Waals surface area contributed by atoms with E-state index < -0.39 is 16.9 Å². The monoisotopic (exact) mass is 241 g/mol. The molecule has 0 radical (unpaired) electrons. The average molecular weight is 241 g/mol. The molecule has 7 nitrogen and oxygen atoms in total. The summed E-state index contributed by atoms with van der Waals surface area (Å²) < 4.78 is 9.89. The van der Waals surface area contributed by atoms with Gasteiger partial charge in [-0.3, -0.25) is 14.9 Å². The van der Waals surface area contributed by atoms with Gasteiger partial charge >= 0.3 is 5.69 Å². The van der Waals surface area contributed by atoms with Crippen LogP contribution < -0.4 is 4.74 Å². The fraction of sp³-hybridized carbons (Fsp3) is 0.300. The zero-order chi connectivity index (χ0) is 12.8. The van der Waals surface area contributed by atoms with Gasteiger partial charge in [-0.1, -0.05) is 0 Å². The number of ether oxygens (including phenoxy) is 2. The van der Waals surface area contributed by atoms with Crippen molar-refractivity contribution in [1.82, 2.24) is 0 Å². The molecular weight excluding hydrogens is 230 g/mol. The summed E-state index contributed by atoms with van der Waals surface area (Å²) in [5.41, 5.74) is -0.434. The third-order valence-corrected chi connectivity index (χ3v) is 1.82. The number of phenolic OH excluding ortho intramolecular Hbond substituents is 1. The Morgan fingerprint density at radius 3 is 2.82 bits per heavy atom. The summed E-state index contributed by atoms with van der Waals surface area (Å²) in [6.07, 6.45) is -0.816. The Balaban J connectivity index is 2.96. The quantitative estimate of drug-likeness (QED) is 0.348. The summed E-state index contributed by atoms with van der Waals surface area (Å²) in [5.74, 6) is -0.401. The maximum Gasteiger partial charge on any atom is 0.314 e. The van der Waals surface area contributed by atoms with Crippen molar-refractivity contribution in [2.75, 3.05) is 6.61 Å². The number of phenols is 1. The second-order valence-electron chi connectivity index (χ2n) is 2.99. The highest BCUT2D eigenvalue weighted by atomic mass is 16.7. The molecule has 1 N–H and O–H groups in total. The van der Waals surface area contributed by atoms with Crippen LogP contribution >= 0.6 is 0 Å². The topological polar surface area (TPSA) is 98.9 Å². The first-order valence-electron chi connectivity index (χ1n) is 4.79. The van der Waals surface area contributed by atoms with Crippen molar-refractivity contribution >= 4 is 12.0 Å². The Kier molecular flexibility index (Phi) is 4.41. The molecular formula is C10H11NO6. The van der Waals surface area contributed by atoms with Crippen molar-refractivity contribution in [3.05, 3.63) is 28.3 Å². The van der Waals surface area contributed by atoms with E-state index in [9.17, 15) is 14.9 Å². The number of aldehydes is 1. The molecule has 0 aromatic heterocycles. The molecule has 1 aromatic carbocycles. The minimum atomic E-state index is -1.21. The second-order valence-corrected chi connectivity index (χ2v) is 2.99. The van der Waals surface area contributed by atoms with E-state index in [1.54, 1.807) is 6.92 Å². The normalized spacial score (nSPS) is 11.8. The number of nitro groups is 1. The number of carbonyl (C=O) groups is 1. The van der Waals surface area contributed by atoms with Gasteiger partial charge in [0.25, 0.3) is 6.29 Å². The fourth-order valence-corrected chi connectivity index (χ4v) is 1.14. The number of rotatable bonds is 6. The Bertz CT molecular complexity index is 419.